The largest absolute Gasteiger partial charge is 0.374 e. The van der Waals surface area contributed by atoms with Crippen molar-refractivity contribution in [2.75, 3.05) is 11.9 Å². The first-order valence-corrected chi connectivity index (χ1v) is 5.32. The van der Waals surface area contributed by atoms with Gasteiger partial charge in [-0.05, 0) is 31.2 Å². The number of rotatable bonds is 5. The zero-order valence-corrected chi connectivity index (χ0v) is 9.73. The van der Waals surface area contributed by atoms with Crippen molar-refractivity contribution in [3.63, 3.8) is 0 Å². The SMILES string of the molecule is C=CCNC(=O)C(C)Nc1ccc(C#N)cc1. The Morgan fingerprint density at radius 3 is 2.71 bits per heavy atom. The van der Waals surface area contributed by atoms with Gasteiger partial charge in [0.05, 0.1) is 11.6 Å². The van der Waals surface area contributed by atoms with E-state index in [1.54, 1.807) is 37.3 Å². The number of carbonyl (C=O) groups is 1. The first-order valence-electron chi connectivity index (χ1n) is 5.32. The van der Waals surface area contributed by atoms with Gasteiger partial charge in [0.15, 0.2) is 0 Å². The minimum atomic E-state index is -0.331. The molecular weight excluding hydrogens is 214 g/mol. The van der Waals surface area contributed by atoms with Crippen LogP contribution in [0.25, 0.3) is 0 Å². The summed E-state index contributed by atoms with van der Waals surface area (Å²) in [6.07, 6.45) is 1.63. The van der Waals surface area contributed by atoms with Gasteiger partial charge in [0.25, 0.3) is 0 Å². The van der Waals surface area contributed by atoms with E-state index in [0.717, 1.165) is 5.69 Å². The Bertz CT molecular complexity index is 431. The van der Waals surface area contributed by atoms with Crippen LogP contribution >= 0.6 is 0 Å². The highest BCUT2D eigenvalue weighted by Gasteiger charge is 2.10. The molecule has 0 aliphatic carbocycles. The van der Waals surface area contributed by atoms with Gasteiger partial charge < -0.3 is 10.6 Å². The summed E-state index contributed by atoms with van der Waals surface area (Å²) in [6, 6.07) is 8.67. The highest BCUT2D eigenvalue weighted by atomic mass is 16.2. The molecule has 0 aromatic heterocycles. The van der Waals surface area contributed by atoms with Crippen LogP contribution in [-0.4, -0.2) is 18.5 Å². The smallest absolute Gasteiger partial charge is 0.242 e. The van der Waals surface area contributed by atoms with Crippen molar-refractivity contribution in [3.8, 4) is 6.07 Å². The maximum Gasteiger partial charge on any atom is 0.242 e. The van der Waals surface area contributed by atoms with Crippen molar-refractivity contribution >= 4 is 11.6 Å². The lowest BCUT2D eigenvalue weighted by molar-refractivity contribution is -0.121. The van der Waals surface area contributed by atoms with Gasteiger partial charge in [0, 0.05) is 12.2 Å². The van der Waals surface area contributed by atoms with Gasteiger partial charge in [0.2, 0.25) is 5.91 Å². The fourth-order valence-electron chi connectivity index (χ4n) is 1.28. The Morgan fingerprint density at radius 1 is 1.53 bits per heavy atom. The molecule has 0 aliphatic heterocycles. The molecule has 0 saturated heterocycles. The predicted octanol–water partition coefficient (Wildman–Crippen LogP) is 1.66. The van der Waals surface area contributed by atoms with Gasteiger partial charge in [-0.25, -0.2) is 0 Å². The molecule has 0 aliphatic rings. The van der Waals surface area contributed by atoms with Gasteiger partial charge in [-0.3, -0.25) is 4.79 Å². The van der Waals surface area contributed by atoms with Crippen LogP contribution in [0.4, 0.5) is 5.69 Å². The predicted molar refractivity (Wildman–Crippen MR) is 67.4 cm³/mol. The second kappa shape index (κ2) is 6.33. The minimum Gasteiger partial charge on any atom is -0.374 e. The molecule has 0 bridgehead atoms. The minimum absolute atomic E-state index is 0.0886. The molecule has 88 valence electrons. The van der Waals surface area contributed by atoms with E-state index in [-0.39, 0.29) is 11.9 Å². The summed E-state index contributed by atoms with van der Waals surface area (Å²) in [5.74, 6) is -0.0886. The van der Waals surface area contributed by atoms with E-state index in [1.807, 2.05) is 6.07 Å². The highest BCUT2D eigenvalue weighted by molar-refractivity contribution is 5.84. The lowest BCUT2D eigenvalue weighted by Crippen LogP contribution is -2.37. The summed E-state index contributed by atoms with van der Waals surface area (Å²) in [5, 5.41) is 14.4. The van der Waals surface area contributed by atoms with Crippen LogP contribution in [-0.2, 0) is 4.79 Å². The number of carbonyl (C=O) groups excluding carboxylic acids is 1. The molecule has 0 radical (unpaired) electrons. The molecule has 0 fully saturated rings. The summed E-state index contributed by atoms with van der Waals surface area (Å²) in [6.45, 7) is 5.76. The molecular formula is C13H15N3O. The number of nitrogens with one attached hydrogen (secondary N) is 2. The normalized spacial score (nSPS) is 11.1. The number of nitrogens with zero attached hydrogens (tertiary/aromatic N) is 1. The first kappa shape index (κ1) is 12.8. The van der Waals surface area contributed by atoms with Gasteiger partial charge in [0.1, 0.15) is 6.04 Å². The lowest BCUT2D eigenvalue weighted by Gasteiger charge is -2.14. The monoisotopic (exact) mass is 229 g/mol. The molecule has 1 aromatic carbocycles. The molecule has 1 unspecified atom stereocenters. The maximum atomic E-state index is 11.6. The third-order valence-electron chi connectivity index (χ3n) is 2.21. The van der Waals surface area contributed by atoms with E-state index in [9.17, 15) is 4.79 Å². The average Bonchev–Trinajstić information content (AvgIpc) is 2.36. The topological polar surface area (TPSA) is 64.9 Å². The van der Waals surface area contributed by atoms with Crippen molar-refractivity contribution < 1.29 is 4.79 Å². The average molecular weight is 229 g/mol. The van der Waals surface area contributed by atoms with Crippen LogP contribution in [0.1, 0.15) is 12.5 Å². The third-order valence-corrected chi connectivity index (χ3v) is 2.21. The zero-order valence-electron chi connectivity index (χ0n) is 9.73. The van der Waals surface area contributed by atoms with Gasteiger partial charge >= 0.3 is 0 Å². The van der Waals surface area contributed by atoms with E-state index in [2.05, 4.69) is 17.2 Å². The van der Waals surface area contributed by atoms with Crippen molar-refractivity contribution in [2.45, 2.75) is 13.0 Å². The summed E-state index contributed by atoms with van der Waals surface area (Å²) in [4.78, 5) is 11.6. The fourth-order valence-corrected chi connectivity index (χ4v) is 1.28. The molecule has 1 aromatic rings. The van der Waals surface area contributed by atoms with E-state index in [0.29, 0.717) is 12.1 Å². The molecule has 0 heterocycles. The molecule has 1 atom stereocenters. The maximum absolute atomic E-state index is 11.6. The molecule has 4 nitrogen and oxygen atoms in total. The highest BCUT2D eigenvalue weighted by Crippen LogP contribution is 2.09. The molecule has 0 saturated carbocycles. The fraction of sp³-hybridized carbons (Fsp3) is 0.231. The van der Waals surface area contributed by atoms with E-state index < -0.39 is 0 Å². The molecule has 17 heavy (non-hydrogen) atoms. The summed E-state index contributed by atoms with van der Waals surface area (Å²) in [7, 11) is 0. The number of nitriles is 1. The molecule has 1 amide bonds. The second-order valence-corrected chi connectivity index (χ2v) is 3.59. The zero-order chi connectivity index (χ0) is 12.7. The van der Waals surface area contributed by atoms with Gasteiger partial charge in [-0.15, -0.1) is 6.58 Å². The van der Waals surface area contributed by atoms with Crippen molar-refractivity contribution in [3.05, 3.63) is 42.5 Å². The quantitative estimate of drug-likeness (QED) is 0.755. The summed E-state index contributed by atoms with van der Waals surface area (Å²) >= 11 is 0. The number of anilines is 1. The van der Waals surface area contributed by atoms with Gasteiger partial charge in [-0.1, -0.05) is 6.08 Å². The number of amides is 1. The van der Waals surface area contributed by atoms with E-state index in [4.69, 9.17) is 5.26 Å². The number of hydrogen-bond acceptors (Lipinski definition) is 3. The Balaban J connectivity index is 2.55. The van der Waals surface area contributed by atoms with Crippen LogP contribution < -0.4 is 10.6 Å². The van der Waals surface area contributed by atoms with Crippen LogP contribution in [0.15, 0.2) is 36.9 Å². The van der Waals surface area contributed by atoms with Gasteiger partial charge in [-0.2, -0.15) is 5.26 Å². The molecule has 0 spiro atoms. The van der Waals surface area contributed by atoms with Crippen LogP contribution in [0.5, 0.6) is 0 Å². The van der Waals surface area contributed by atoms with Crippen LogP contribution in [0, 0.1) is 11.3 Å². The van der Waals surface area contributed by atoms with Crippen molar-refractivity contribution in [1.29, 1.82) is 5.26 Å². The van der Waals surface area contributed by atoms with Crippen molar-refractivity contribution in [1.82, 2.24) is 5.32 Å². The molecule has 4 heteroatoms. The van der Waals surface area contributed by atoms with E-state index >= 15 is 0 Å². The number of benzene rings is 1. The van der Waals surface area contributed by atoms with E-state index in [1.165, 1.54) is 0 Å². The lowest BCUT2D eigenvalue weighted by atomic mass is 10.2. The second-order valence-electron chi connectivity index (χ2n) is 3.59. The number of hydrogen-bond donors (Lipinski definition) is 2. The molecule has 1 rings (SSSR count). The first-order chi connectivity index (χ1) is 8.17. The summed E-state index contributed by atoms with van der Waals surface area (Å²) < 4.78 is 0. The Morgan fingerprint density at radius 2 is 2.18 bits per heavy atom. The Kier molecular flexibility index (Phi) is 4.77. The van der Waals surface area contributed by atoms with Crippen LogP contribution in [0.2, 0.25) is 0 Å². The Hall–Kier alpha value is -2.28. The van der Waals surface area contributed by atoms with Crippen molar-refractivity contribution in [2.24, 2.45) is 0 Å². The standard InChI is InChI=1S/C13H15N3O/c1-3-8-15-13(17)10(2)16-12-6-4-11(9-14)5-7-12/h3-7,10,16H,1,8H2,2H3,(H,15,17). The Labute approximate surface area is 101 Å². The summed E-state index contributed by atoms with van der Waals surface area (Å²) in [5.41, 5.74) is 1.41. The molecule has 2 N–H and O–H groups in total. The van der Waals surface area contributed by atoms with Crippen LogP contribution in [0.3, 0.4) is 0 Å². The third kappa shape index (κ3) is 3.99.